The van der Waals surface area contributed by atoms with Crippen molar-refractivity contribution in [3.05, 3.63) is 0 Å². The molecule has 0 aromatic carbocycles. The number of hydrogen-bond donors (Lipinski definition) is 3. The van der Waals surface area contributed by atoms with E-state index in [1.54, 1.807) is 0 Å². The van der Waals surface area contributed by atoms with Gasteiger partial charge in [-0.15, -0.1) is 0 Å². The number of rotatable bonds is 74. The van der Waals surface area contributed by atoms with E-state index in [9.17, 15) is 43.2 Å². The summed E-state index contributed by atoms with van der Waals surface area (Å²) in [4.78, 5) is 72.8. The number of aliphatic hydroxyl groups excluding tert-OH is 1. The molecule has 19 heteroatoms. The molecule has 0 saturated heterocycles. The third kappa shape index (κ3) is 68.6. The molecule has 17 nitrogen and oxygen atoms in total. The lowest BCUT2D eigenvalue weighted by atomic mass is 10.0. The van der Waals surface area contributed by atoms with Crippen molar-refractivity contribution in [1.29, 1.82) is 0 Å². The largest absolute Gasteiger partial charge is 0.472 e. The first kappa shape index (κ1) is 92.1. The summed E-state index contributed by atoms with van der Waals surface area (Å²) in [6.07, 6.45) is 53.9. The van der Waals surface area contributed by atoms with E-state index in [0.717, 1.165) is 102 Å². The lowest BCUT2D eigenvalue weighted by molar-refractivity contribution is -0.161. The fourth-order valence-corrected chi connectivity index (χ4v) is 13.1. The minimum atomic E-state index is -4.96. The van der Waals surface area contributed by atoms with Crippen molar-refractivity contribution in [1.82, 2.24) is 0 Å². The molecule has 0 aliphatic rings. The van der Waals surface area contributed by atoms with Crippen LogP contribution in [0.4, 0.5) is 0 Å². The zero-order valence-electron chi connectivity index (χ0n) is 61.3. The van der Waals surface area contributed by atoms with Gasteiger partial charge in [-0.3, -0.25) is 37.3 Å². The summed E-state index contributed by atoms with van der Waals surface area (Å²) < 4.78 is 68.5. The normalized spacial score (nSPS) is 14.0. The predicted octanol–water partition coefficient (Wildman–Crippen LogP) is 21.9. The SMILES string of the molecule is CCCCCCCCCCCCCCCCCC(=O)O[C@H](COC(=O)CCCCCCCCCCCCCC(C)C)COP(=O)(O)OC[C@@H](O)COP(=O)(O)OC[C@@H](COC(=O)CCCCCCCCCCCC(C)C)OC(=O)CCCCCCCCCCCCCCC. The number of carbonyl (C=O) groups excluding carboxylic acids is 4. The van der Waals surface area contributed by atoms with Gasteiger partial charge in [0.25, 0.3) is 0 Å². The van der Waals surface area contributed by atoms with Crippen molar-refractivity contribution in [3.8, 4) is 0 Å². The predicted molar refractivity (Wildman–Crippen MR) is 381 cm³/mol. The number of phosphoric acid groups is 2. The highest BCUT2D eigenvalue weighted by Gasteiger charge is 2.30. The van der Waals surface area contributed by atoms with Crippen LogP contribution in [0.25, 0.3) is 0 Å². The third-order valence-corrected chi connectivity index (χ3v) is 19.4. The molecule has 3 N–H and O–H groups in total. The van der Waals surface area contributed by atoms with Crippen molar-refractivity contribution in [2.24, 2.45) is 11.8 Å². The minimum absolute atomic E-state index is 0.107. The maximum absolute atomic E-state index is 13.1. The van der Waals surface area contributed by atoms with Gasteiger partial charge in [-0.25, -0.2) is 9.13 Å². The van der Waals surface area contributed by atoms with Crippen molar-refractivity contribution in [2.75, 3.05) is 39.6 Å². The molecule has 0 amide bonds. The van der Waals surface area contributed by atoms with E-state index < -0.39 is 97.5 Å². The summed E-state index contributed by atoms with van der Waals surface area (Å²) in [6, 6.07) is 0. The van der Waals surface area contributed by atoms with Gasteiger partial charge in [0.15, 0.2) is 12.2 Å². The van der Waals surface area contributed by atoms with Gasteiger partial charge in [0.1, 0.15) is 19.3 Å². The zero-order valence-corrected chi connectivity index (χ0v) is 63.1. The second-order valence-electron chi connectivity index (χ2n) is 28.0. The fourth-order valence-electron chi connectivity index (χ4n) is 11.5. The van der Waals surface area contributed by atoms with Crippen molar-refractivity contribution in [3.63, 3.8) is 0 Å². The minimum Gasteiger partial charge on any atom is -0.462 e. The average Bonchev–Trinajstić information content (AvgIpc) is 3.71. The molecule has 0 rings (SSSR count). The van der Waals surface area contributed by atoms with Gasteiger partial charge in [-0.05, 0) is 37.5 Å². The smallest absolute Gasteiger partial charge is 0.462 e. The molecule has 0 saturated carbocycles. The summed E-state index contributed by atoms with van der Waals surface area (Å²) in [7, 11) is -9.91. The van der Waals surface area contributed by atoms with E-state index in [0.29, 0.717) is 25.7 Å². The standard InChI is InChI=1S/C75H146O17P2/c1-7-9-11-13-15-17-19-21-22-24-28-35-42-48-54-60-75(80)91-70(63-85-72(77)57-51-45-39-33-29-25-26-31-37-43-49-55-67(3)4)65-89-93(81,82)87-61-69(76)62-88-94(83,84)90-66-71(64-86-73(78)58-52-46-40-36-30-32-38-44-50-56-68(5)6)92-74(79)59-53-47-41-34-27-23-20-18-16-14-12-10-8-2/h67-71,76H,7-66H2,1-6H3,(H,81,82)(H,83,84)/t69-,70-,71-/m1/s1. The molecular formula is C75H146O17P2. The Labute approximate surface area is 575 Å². The number of ether oxygens (including phenoxy) is 4. The van der Waals surface area contributed by atoms with Crippen molar-refractivity contribution >= 4 is 39.5 Å². The number of phosphoric ester groups is 2. The highest BCUT2D eigenvalue weighted by atomic mass is 31.2. The van der Waals surface area contributed by atoms with Gasteiger partial charge in [-0.1, -0.05) is 337 Å². The molecule has 0 aliphatic carbocycles. The van der Waals surface area contributed by atoms with E-state index in [1.165, 1.54) is 205 Å². The Morgan fingerprint density at radius 1 is 0.287 bits per heavy atom. The Balaban J connectivity index is 5.27. The van der Waals surface area contributed by atoms with Crippen LogP contribution in [0.1, 0.15) is 388 Å². The van der Waals surface area contributed by atoms with E-state index in [4.69, 9.17) is 37.0 Å². The Morgan fingerprint density at radius 2 is 0.489 bits per heavy atom. The van der Waals surface area contributed by atoms with Gasteiger partial charge in [-0.2, -0.15) is 0 Å². The molecule has 0 spiro atoms. The molecule has 0 aromatic heterocycles. The molecule has 0 fully saturated rings. The molecule has 558 valence electrons. The van der Waals surface area contributed by atoms with Gasteiger partial charge < -0.3 is 33.8 Å². The Morgan fingerprint density at radius 3 is 0.723 bits per heavy atom. The number of aliphatic hydroxyl groups is 1. The number of esters is 4. The Bertz CT molecular complexity index is 1820. The molecular weight excluding hydrogens is 1230 g/mol. The monoisotopic (exact) mass is 1380 g/mol. The van der Waals surface area contributed by atoms with E-state index in [-0.39, 0.29) is 25.7 Å². The van der Waals surface area contributed by atoms with Crippen LogP contribution in [0, 0.1) is 11.8 Å². The van der Waals surface area contributed by atoms with Crippen LogP contribution in [-0.4, -0.2) is 96.7 Å². The van der Waals surface area contributed by atoms with Gasteiger partial charge in [0.2, 0.25) is 0 Å². The third-order valence-electron chi connectivity index (χ3n) is 17.5. The zero-order chi connectivity index (χ0) is 69.3. The average molecular weight is 1380 g/mol. The second-order valence-corrected chi connectivity index (χ2v) is 30.9. The van der Waals surface area contributed by atoms with Crippen LogP contribution < -0.4 is 0 Å². The van der Waals surface area contributed by atoms with Crippen LogP contribution >= 0.6 is 15.6 Å². The molecule has 0 aliphatic heterocycles. The first-order valence-corrected chi connectivity index (χ1v) is 42.0. The second kappa shape index (κ2) is 66.9. The van der Waals surface area contributed by atoms with E-state index >= 15 is 0 Å². The molecule has 0 radical (unpaired) electrons. The highest BCUT2D eigenvalue weighted by Crippen LogP contribution is 2.45. The van der Waals surface area contributed by atoms with Crippen LogP contribution in [0.15, 0.2) is 0 Å². The molecule has 5 atom stereocenters. The maximum atomic E-state index is 13.1. The number of hydrogen-bond acceptors (Lipinski definition) is 15. The summed E-state index contributed by atoms with van der Waals surface area (Å²) in [5.41, 5.74) is 0. The molecule has 0 bridgehead atoms. The molecule has 2 unspecified atom stereocenters. The van der Waals surface area contributed by atoms with Gasteiger partial charge >= 0.3 is 39.5 Å². The van der Waals surface area contributed by atoms with Crippen molar-refractivity contribution < 1.29 is 80.2 Å². The quantitative estimate of drug-likeness (QED) is 0.0222. The highest BCUT2D eigenvalue weighted by molar-refractivity contribution is 7.47. The fraction of sp³-hybridized carbons (Fsp3) is 0.947. The number of carbonyl (C=O) groups is 4. The topological polar surface area (TPSA) is 237 Å². The van der Waals surface area contributed by atoms with Crippen LogP contribution in [0.3, 0.4) is 0 Å². The van der Waals surface area contributed by atoms with Crippen LogP contribution in [0.2, 0.25) is 0 Å². The summed E-state index contributed by atoms with van der Waals surface area (Å²) >= 11 is 0. The molecule has 0 heterocycles. The number of unbranched alkanes of at least 4 members (excludes halogenated alkanes) is 44. The van der Waals surface area contributed by atoms with Crippen LogP contribution in [0.5, 0.6) is 0 Å². The Kier molecular flexibility index (Phi) is 65.5. The first-order chi connectivity index (χ1) is 45.4. The summed E-state index contributed by atoms with van der Waals surface area (Å²) in [5, 5.41) is 10.6. The van der Waals surface area contributed by atoms with Gasteiger partial charge in [0, 0.05) is 25.7 Å². The summed E-state index contributed by atoms with van der Waals surface area (Å²) in [6.45, 7) is 9.58. The van der Waals surface area contributed by atoms with E-state index in [1.807, 2.05) is 0 Å². The molecule has 94 heavy (non-hydrogen) atoms. The molecule has 0 aromatic rings. The van der Waals surface area contributed by atoms with Crippen LogP contribution in [-0.2, 0) is 65.4 Å². The first-order valence-electron chi connectivity index (χ1n) is 39.0. The van der Waals surface area contributed by atoms with Gasteiger partial charge in [0.05, 0.1) is 26.4 Å². The Hall–Kier alpha value is -1.94. The van der Waals surface area contributed by atoms with Crippen molar-refractivity contribution in [2.45, 2.75) is 407 Å². The lowest BCUT2D eigenvalue weighted by Crippen LogP contribution is -2.30. The maximum Gasteiger partial charge on any atom is 0.472 e. The van der Waals surface area contributed by atoms with E-state index in [2.05, 4.69) is 41.5 Å². The lowest BCUT2D eigenvalue weighted by Gasteiger charge is -2.21. The summed E-state index contributed by atoms with van der Waals surface area (Å²) in [5.74, 6) is -0.599.